The summed E-state index contributed by atoms with van der Waals surface area (Å²) in [7, 11) is 3.29. The molecule has 2 amide bonds. The minimum absolute atomic E-state index is 0.175. The molecule has 0 unspecified atom stereocenters. The molecule has 1 rings (SSSR count). The van der Waals surface area contributed by atoms with Crippen LogP contribution in [0.1, 0.15) is 32.6 Å². The Morgan fingerprint density at radius 3 is 2.83 bits per heavy atom. The van der Waals surface area contributed by atoms with Crippen molar-refractivity contribution >= 4 is 34.3 Å². The lowest BCUT2D eigenvalue weighted by Crippen LogP contribution is -2.34. The number of hydrogen-bond acceptors (Lipinski definition) is 5. The lowest BCUT2D eigenvalue weighted by atomic mass is 10.2. The quantitative estimate of drug-likeness (QED) is 0.476. The molecule has 0 atom stereocenters. The van der Waals surface area contributed by atoms with Crippen LogP contribution in [0.5, 0.6) is 0 Å². The van der Waals surface area contributed by atoms with Gasteiger partial charge in [0.15, 0.2) is 4.34 Å². The van der Waals surface area contributed by atoms with Crippen molar-refractivity contribution in [2.75, 3.05) is 24.7 Å². The van der Waals surface area contributed by atoms with Gasteiger partial charge in [0.05, 0.1) is 0 Å². The fraction of sp³-hybridized carbons (Fsp3) is 0.727. The van der Waals surface area contributed by atoms with Gasteiger partial charge in [0, 0.05) is 19.8 Å². The Morgan fingerprint density at radius 1 is 1.39 bits per heavy atom. The van der Waals surface area contributed by atoms with Crippen LogP contribution in [-0.2, 0) is 0 Å². The van der Waals surface area contributed by atoms with E-state index in [0.717, 1.165) is 10.1 Å². The largest absolute Gasteiger partial charge is 0.341 e. The summed E-state index contributed by atoms with van der Waals surface area (Å²) in [5, 5.41) is 11.3. The van der Waals surface area contributed by atoms with Gasteiger partial charge in [0.25, 0.3) is 0 Å². The van der Waals surface area contributed by atoms with Crippen molar-refractivity contribution in [3.63, 3.8) is 0 Å². The molecule has 0 saturated heterocycles. The average molecular weight is 288 g/mol. The number of aromatic nitrogens is 2. The zero-order valence-corrected chi connectivity index (χ0v) is 12.7. The second-order valence-corrected chi connectivity index (χ2v) is 6.17. The lowest BCUT2D eigenvalue weighted by Gasteiger charge is -2.10. The van der Waals surface area contributed by atoms with Crippen LogP contribution in [0.3, 0.4) is 0 Å². The van der Waals surface area contributed by atoms with Gasteiger partial charge < -0.3 is 5.32 Å². The molecule has 102 valence electrons. The first-order valence-corrected chi connectivity index (χ1v) is 7.91. The van der Waals surface area contributed by atoms with Crippen molar-refractivity contribution in [2.45, 2.75) is 36.9 Å². The number of nitrogens with zero attached hydrogens (tertiary/aromatic N) is 3. The Balaban J connectivity index is 2.36. The van der Waals surface area contributed by atoms with Gasteiger partial charge in [0.1, 0.15) is 0 Å². The molecule has 0 saturated carbocycles. The maximum Gasteiger partial charge on any atom is 0.323 e. The molecule has 0 spiro atoms. The molecular weight excluding hydrogens is 268 g/mol. The van der Waals surface area contributed by atoms with E-state index in [1.54, 1.807) is 25.9 Å². The molecule has 1 heterocycles. The second kappa shape index (κ2) is 8.31. The van der Waals surface area contributed by atoms with Gasteiger partial charge in [-0.1, -0.05) is 49.3 Å². The average Bonchev–Trinajstić information content (AvgIpc) is 2.85. The maximum atomic E-state index is 11.4. The zero-order chi connectivity index (χ0) is 13.4. The standard InChI is InChI=1S/C11H20N4OS2/c1-4-5-6-7-8-17-11-14-13-10(18-11)15(3)9(16)12-2/h4-8H2,1-3H3,(H,12,16). The number of carbonyl (C=O) groups is 1. The van der Waals surface area contributed by atoms with E-state index in [2.05, 4.69) is 22.4 Å². The number of thioether (sulfide) groups is 1. The Kier molecular flexibility index (Phi) is 7.04. The molecule has 18 heavy (non-hydrogen) atoms. The van der Waals surface area contributed by atoms with Crippen LogP contribution in [0, 0.1) is 0 Å². The highest BCUT2D eigenvalue weighted by atomic mass is 32.2. The summed E-state index contributed by atoms with van der Waals surface area (Å²) in [4.78, 5) is 12.9. The van der Waals surface area contributed by atoms with E-state index in [9.17, 15) is 4.79 Å². The smallest absolute Gasteiger partial charge is 0.323 e. The molecule has 0 aliphatic heterocycles. The Morgan fingerprint density at radius 2 is 2.17 bits per heavy atom. The second-order valence-electron chi connectivity index (χ2n) is 3.87. The molecule has 0 radical (unpaired) electrons. The van der Waals surface area contributed by atoms with E-state index in [1.807, 2.05) is 0 Å². The molecule has 0 fully saturated rings. The molecule has 7 heteroatoms. The summed E-state index contributed by atoms with van der Waals surface area (Å²) < 4.78 is 0.928. The fourth-order valence-electron chi connectivity index (χ4n) is 1.34. The van der Waals surface area contributed by atoms with Crippen LogP contribution in [0.15, 0.2) is 4.34 Å². The van der Waals surface area contributed by atoms with Gasteiger partial charge in [0.2, 0.25) is 5.13 Å². The van der Waals surface area contributed by atoms with E-state index < -0.39 is 0 Å². The third-order valence-corrected chi connectivity index (χ3v) is 4.64. The van der Waals surface area contributed by atoms with E-state index in [1.165, 1.54) is 41.9 Å². The summed E-state index contributed by atoms with van der Waals surface area (Å²) in [5.41, 5.74) is 0. The Hall–Kier alpha value is -0.820. The third kappa shape index (κ3) is 4.81. The van der Waals surface area contributed by atoms with Gasteiger partial charge in [-0.2, -0.15) is 0 Å². The molecule has 0 aliphatic carbocycles. The van der Waals surface area contributed by atoms with Crippen LogP contribution in [0.25, 0.3) is 0 Å². The summed E-state index contributed by atoms with van der Waals surface area (Å²) in [5.74, 6) is 1.07. The highest BCUT2D eigenvalue weighted by molar-refractivity contribution is 8.01. The summed E-state index contributed by atoms with van der Waals surface area (Å²) >= 11 is 3.17. The number of nitrogens with one attached hydrogen (secondary N) is 1. The van der Waals surface area contributed by atoms with Crippen LogP contribution < -0.4 is 10.2 Å². The molecule has 1 N–H and O–H groups in total. The van der Waals surface area contributed by atoms with Gasteiger partial charge in [-0.15, -0.1) is 10.2 Å². The minimum Gasteiger partial charge on any atom is -0.341 e. The Labute approximate surface area is 116 Å². The molecule has 0 aliphatic rings. The zero-order valence-electron chi connectivity index (χ0n) is 11.1. The van der Waals surface area contributed by atoms with Crippen molar-refractivity contribution in [3.05, 3.63) is 0 Å². The van der Waals surface area contributed by atoms with Gasteiger partial charge >= 0.3 is 6.03 Å². The molecule has 1 aromatic heterocycles. The lowest BCUT2D eigenvalue weighted by molar-refractivity contribution is 0.249. The Bertz CT molecular complexity index is 370. The van der Waals surface area contributed by atoms with E-state index in [4.69, 9.17) is 0 Å². The molecule has 5 nitrogen and oxygen atoms in total. The van der Waals surface area contributed by atoms with Crippen molar-refractivity contribution in [1.82, 2.24) is 15.5 Å². The highest BCUT2D eigenvalue weighted by Gasteiger charge is 2.14. The monoisotopic (exact) mass is 288 g/mol. The van der Waals surface area contributed by atoms with Crippen LogP contribution in [0.4, 0.5) is 9.93 Å². The summed E-state index contributed by atoms with van der Waals surface area (Å²) in [6.07, 6.45) is 5.03. The first kappa shape index (κ1) is 15.2. The number of hydrogen-bond donors (Lipinski definition) is 1. The molecule has 1 aromatic rings. The number of urea groups is 1. The van der Waals surface area contributed by atoms with Crippen LogP contribution in [0.2, 0.25) is 0 Å². The van der Waals surface area contributed by atoms with Gasteiger partial charge in [-0.3, -0.25) is 4.90 Å². The molecule has 0 aromatic carbocycles. The predicted molar refractivity (Wildman–Crippen MR) is 77.6 cm³/mol. The van der Waals surface area contributed by atoms with Crippen LogP contribution in [-0.4, -0.2) is 36.1 Å². The maximum absolute atomic E-state index is 11.4. The van der Waals surface area contributed by atoms with E-state index in [-0.39, 0.29) is 6.03 Å². The number of unbranched alkanes of at least 4 members (excludes halogenated alkanes) is 3. The van der Waals surface area contributed by atoms with Crippen molar-refractivity contribution in [2.24, 2.45) is 0 Å². The number of anilines is 1. The number of amides is 2. The van der Waals surface area contributed by atoms with Crippen molar-refractivity contribution in [1.29, 1.82) is 0 Å². The first-order chi connectivity index (χ1) is 8.69. The van der Waals surface area contributed by atoms with Gasteiger partial charge in [-0.05, 0) is 6.42 Å². The highest BCUT2D eigenvalue weighted by Crippen LogP contribution is 2.28. The van der Waals surface area contributed by atoms with E-state index in [0.29, 0.717) is 5.13 Å². The normalized spacial score (nSPS) is 10.4. The van der Waals surface area contributed by atoms with Crippen molar-refractivity contribution < 1.29 is 4.79 Å². The fourth-order valence-corrected chi connectivity index (χ4v) is 3.21. The first-order valence-electron chi connectivity index (χ1n) is 6.10. The predicted octanol–water partition coefficient (Wildman–Crippen LogP) is 2.99. The third-order valence-electron chi connectivity index (χ3n) is 2.42. The SMILES string of the molecule is CCCCCCSc1nnc(N(C)C(=O)NC)s1. The summed E-state index contributed by atoms with van der Waals surface area (Å²) in [6.45, 7) is 2.21. The van der Waals surface area contributed by atoms with Crippen LogP contribution >= 0.6 is 23.1 Å². The number of carbonyl (C=O) groups excluding carboxylic acids is 1. The van der Waals surface area contributed by atoms with Gasteiger partial charge in [-0.25, -0.2) is 4.79 Å². The van der Waals surface area contributed by atoms with Crippen molar-refractivity contribution in [3.8, 4) is 0 Å². The molecule has 0 bridgehead atoms. The topological polar surface area (TPSA) is 58.1 Å². The summed E-state index contributed by atoms with van der Waals surface area (Å²) in [6, 6.07) is -0.175. The molecular formula is C11H20N4OS2. The number of rotatable bonds is 7. The minimum atomic E-state index is -0.175. The van der Waals surface area contributed by atoms with E-state index >= 15 is 0 Å².